The number of anilines is 1. The Labute approximate surface area is 174 Å². The number of phenols is 1. The van der Waals surface area contributed by atoms with E-state index < -0.39 is 0 Å². The van der Waals surface area contributed by atoms with Crippen LogP contribution in [-0.4, -0.2) is 73.4 Å². The molecule has 0 unspecified atom stereocenters. The zero-order valence-corrected chi connectivity index (χ0v) is 17.0. The summed E-state index contributed by atoms with van der Waals surface area (Å²) in [5.41, 5.74) is 2.21. The average Bonchev–Trinajstić information content (AvgIpc) is 3.22. The summed E-state index contributed by atoms with van der Waals surface area (Å²) in [6, 6.07) is 5.20. The van der Waals surface area contributed by atoms with Crippen LogP contribution in [0.1, 0.15) is 12.8 Å². The maximum Gasteiger partial charge on any atom is 0.245 e. The molecule has 3 aromatic rings. The Hall–Kier alpha value is -2.78. The fourth-order valence-electron chi connectivity index (χ4n) is 4.06. The summed E-state index contributed by atoms with van der Waals surface area (Å²) in [6.45, 7) is 4.32. The van der Waals surface area contributed by atoms with E-state index in [1.165, 1.54) is 17.6 Å². The number of hydrogen-bond donors (Lipinski definition) is 1. The second kappa shape index (κ2) is 7.57. The highest BCUT2D eigenvalue weighted by atomic mass is 35.5. The van der Waals surface area contributed by atoms with Crippen molar-refractivity contribution in [3.8, 4) is 22.7 Å². The minimum atomic E-state index is 0. The van der Waals surface area contributed by atoms with E-state index in [1.807, 2.05) is 6.07 Å². The zero-order valence-electron chi connectivity index (χ0n) is 16.1. The molecule has 1 aromatic carbocycles. The number of hydrogen-bond acceptors (Lipinski definition) is 8. The van der Waals surface area contributed by atoms with Gasteiger partial charge in [-0.3, -0.25) is 0 Å². The Bertz CT molecular complexity index is 962. The van der Waals surface area contributed by atoms with E-state index in [0.29, 0.717) is 28.3 Å². The van der Waals surface area contributed by atoms with E-state index in [0.717, 1.165) is 26.2 Å². The van der Waals surface area contributed by atoms with Crippen molar-refractivity contribution in [2.75, 3.05) is 38.1 Å². The van der Waals surface area contributed by atoms with E-state index in [9.17, 15) is 5.11 Å². The van der Waals surface area contributed by atoms with E-state index in [2.05, 4.69) is 42.2 Å². The van der Waals surface area contributed by atoms with Crippen LogP contribution < -0.4 is 4.90 Å². The monoisotopic (exact) mass is 414 g/mol. The van der Waals surface area contributed by atoms with E-state index in [-0.39, 0.29) is 18.2 Å². The number of nitrogens with zero attached hydrogens (tertiary/aromatic N) is 8. The molecule has 0 saturated carbocycles. The molecule has 2 aromatic heterocycles. The number of rotatable bonds is 3. The number of piperidine rings is 1. The number of likely N-dealkylation sites (tertiary alicyclic amines) is 1. The SMILES string of the molecule is CN1CCC2(CC1)CN(c1ncc(-c3ccc(-n4nccn4)cc3O)nn1)C2.Cl. The van der Waals surface area contributed by atoms with Gasteiger partial charge in [-0.25, -0.2) is 4.98 Å². The second-order valence-electron chi connectivity index (χ2n) is 7.82. The standard InChI is InChI=1S/C19H22N8O.ClH/c1-25-8-4-19(5-9-25)12-26(13-19)18-20-11-16(23-24-18)15-3-2-14(10-17(15)28)27-21-6-7-22-27;/h2-3,6-7,10-11,28H,4-5,8-9,12-13H2,1H3;1H. The fourth-order valence-corrected chi connectivity index (χ4v) is 4.06. The van der Waals surface area contributed by atoms with Gasteiger partial charge in [0.2, 0.25) is 5.95 Å². The Morgan fingerprint density at radius 3 is 2.38 bits per heavy atom. The molecular formula is C19H23ClN8O. The molecule has 0 aliphatic carbocycles. The minimum Gasteiger partial charge on any atom is -0.507 e. The number of phenolic OH excluding ortho intramolecular Hbond substituents is 1. The lowest BCUT2D eigenvalue weighted by atomic mass is 9.72. The van der Waals surface area contributed by atoms with Crippen LogP contribution in [0.15, 0.2) is 36.8 Å². The van der Waals surface area contributed by atoms with Crippen LogP contribution in [0.5, 0.6) is 5.75 Å². The smallest absolute Gasteiger partial charge is 0.245 e. The molecule has 0 amide bonds. The molecule has 29 heavy (non-hydrogen) atoms. The van der Waals surface area contributed by atoms with Crippen LogP contribution in [0.4, 0.5) is 5.95 Å². The molecule has 5 rings (SSSR count). The van der Waals surface area contributed by atoms with Crippen molar-refractivity contribution in [1.82, 2.24) is 35.1 Å². The van der Waals surface area contributed by atoms with Crippen LogP contribution in [0.2, 0.25) is 0 Å². The van der Waals surface area contributed by atoms with Gasteiger partial charge in [0.25, 0.3) is 0 Å². The Kier molecular flexibility index (Phi) is 5.10. The van der Waals surface area contributed by atoms with Gasteiger partial charge in [-0.15, -0.1) is 22.6 Å². The molecule has 2 aliphatic rings. The molecule has 0 atom stereocenters. The number of benzene rings is 1. The average molecular weight is 415 g/mol. The van der Waals surface area contributed by atoms with Crippen molar-refractivity contribution < 1.29 is 5.11 Å². The highest BCUT2D eigenvalue weighted by Gasteiger charge is 2.45. The molecule has 1 N–H and O–H groups in total. The molecule has 152 valence electrons. The van der Waals surface area contributed by atoms with E-state index in [1.54, 1.807) is 30.7 Å². The summed E-state index contributed by atoms with van der Waals surface area (Å²) < 4.78 is 0. The number of aromatic hydroxyl groups is 1. The fraction of sp³-hybridized carbons (Fsp3) is 0.421. The minimum absolute atomic E-state index is 0. The van der Waals surface area contributed by atoms with Gasteiger partial charge in [0, 0.05) is 30.1 Å². The van der Waals surface area contributed by atoms with Gasteiger partial charge < -0.3 is 14.9 Å². The highest BCUT2D eigenvalue weighted by molar-refractivity contribution is 5.85. The predicted molar refractivity (Wildman–Crippen MR) is 110 cm³/mol. The topological polar surface area (TPSA) is 96.1 Å². The largest absolute Gasteiger partial charge is 0.507 e. The van der Waals surface area contributed by atoms with Crippen LogP contribution in [-0.2, 0) is 0 Å². The second-order valence-corrected chi connectivity index (χ2v) is 7.82. The first-order valence-corrected chi connectivity index (χ1v) is 9.45. The number of halogens is 1. The third-order valence-electron chi connectivity index (χ3n) is 5.84. The van der Waals surface area contributed by atoms with Gasteiger partial charge in [-0.05, 0) is 45.1 Å². The van der Waals surface area contributed by atoms with Gasteiger partial charge in [0.05, 0.1) is 24.3 Å². The van der Waals surface area contributed by atoms with E-state index in [4.69, 9.17) is 0 Å². The molecule has 1 spiro atoms. The summed E-state index contributed by atoms with van der Waals surface area (Å²) in [4.78, 5) is 10.5. The lowest BCUT2D eigenvalue weighted by Gasteiger charge is -2.53. The molecule has 10 heteroatoms. The zero-order chi connectivity index (χ0) is 19.1. The van der Waals surface area contributed by atoms with Gasteiger partial charge in [0.15, 0.2) is 0 Å². The van der Waals surface area contributed by atoms with Gasteiger partial charge in [-0.2, -0.15) is 15.0 Å². The summed E-state index contributed by atoms with van der Waals surface area (Å²) in [6.07, 6.45) is 7.31. The van der Waals surface area contributed by atoms with Gasteiger partial charge in [0.1, 0.15) is 11.4 Å². The normalized spacial score (nSPS) is 18.3. The summed E-state index contributed by atoms with van der Waals surface area (Å²) in [7, 11) is 2.18. The third kappa shape index (κ3) is 3.63. The van der Waals surface area contributed by atoms with E-state index >= 15 is 0 Å². The van der Waals surface area contributed by atoms with Crippen molar-refractivity contribution >= 4 is 18.4 Å². The van der Waals surface area contributed by atoms with Crippen LogP contribution in [0, 0.1) is 5.41 Å². The van der Waals surface area contributed by atoms with Crippen molar-refractivity contribution in [1.29, 1.82) is 0 Å². The van der Waals surface area contributed by atoms with Crippen molar-refractivity contribution in [2.24, 2.45) is 5.41 Å². The number of aromatic nitrogens is 6. The Morgan fingerprint density at radius 2 is 1.76 bits per heavy atom. The molecule has 9 nitrogen and oxygen atoms in total. The third-order valence-corrected chi connectivity index (χ3v) is 5.84. The van der Waals surface area contributed by atoms with Crippen LogP contribution in [0.3, 0.4) is 0 Å². The molecule has 2 aliphatic heterocycles. The first-order valence-electron chi connectivity index (χ1n) is 9.45. The lowest BCUT2D eigenvalue weighted by Crippen LogP contribution is -2.60. The molecule has 4 heterocycles. The highest BCUT2D eigenvalue weighted by Crippen LogP contribution is 2.41. The maximum atomic E-state index is 10.4. The quantitative estimate of drug-likeness (QED) is 0.692. The first kappa shape index (κ1) is 19.5. The van der Waals surface area contributed by atoms with Crippen LogP contribution >= 0.6 is 12.4 Å². The first-order chi connectivity index (χ1) is 13.6. The predicted octanol–water partition coefficient (Wildman–Crippen LogP) is 1.78. The van der Waals surface area contributed by atoms with Crippen molar-refractivity contribution in [3.63, 3.8) is 0 Å². The Balaban J connectivity index is 0.00000205. The van der Waals surface area contributed by atoms with Gasteiger partial charge >= 0.3 is 0 Å². The summed E-state index contributed by atoms with van der Waals surface area (Å²) in [5, 5.41) is 27.1. The lowest BCUT2D eigenvalue weighted by molar-refractivity contribution is 0.0893. The molecule has 2 saturated heterocycles. The molecule has 0 bridgehead atoms. The van der Waals surface area contributed by atoms with Crippen molar-refractivity contribution in [3.05, 3.63) is 36.8 Å². The molecular weight excluding hydrogens is 392 g/mol. The molecule has 0 radical (unpaired) electrons. The summed E-state index contributed by atoms with van der Waals surface area (Å²) in [5.74, 6) is 0.748. The maximum absolute atomic E-state index is 10.4. The van der Waals surface area contributed by atoms with Crippen LogP contribution in [0.25, 0.3) is 16.9 Å². The van der Waals surface area contributed by atoms with Crippen molar-refractivity contribution in [2.45, 2.75) is 12.8 Å². The van der Waals surface area contributed by atoms with Gasteiger partial charge in [-0.1, -0.05) is 0 Å². The Morgan fingerprint density at radius 1 is 1.03 bits per heavy atom. The molecule has 2 fully saturated rings. The summed E-state index contributed by atoms with van der Waals surface area (Å²) >= 11 is 0.